The molecule has 0 saturated heterocycles. The number of fused-ring (bicyclic) bond motifs is 1. The molecule has 1 aliphatic rings. The zero-order chi connectivity index (χ0) is 12.4. The summed E-state index contributed by atoms with van der Waals surface area (Å²) >= 11 is 0. The second-order valence-corrected chi connectivity index (χ2v) is 4.25. The van der Waals surface area contributed by atoms with Gasteiger partial charge >= 0.3 is 5.97 Å². The van der Waals surface area contributed by atoms with Gasteiger partial charge in [-0.25, -0.2) is 4.79 Å². The minimum atomic E-state index is -0.213. The number of ether oxygens (including phenoxy) is 1. The van der Waals surface area contributed by atoms with Gasteiger partial charge in [-0.2, -0.15) is 0 Å². The number of hydrogen-bond acceptors (Lipinski definition) is 3. The van der Waals surface area contributed by atoms with Crippen molar-refractivity contribution in [2.45, 2.75) is 13.2 Å². The molecule has 0 radical (unpaired) electrons. The number of nitrogens with one attached hydrogen (secondary N) is 1. The molecule has 0 fully saturated rings. The van der Waals surface area contributed by atoms with E-state index in [9.17, 15) is 4.79 Å². The third-order valence-electron chi connectivity index (χ3n) is 3.06. The lowest BCUT2D eigenvalue weighted by molar-refractivity contribution is 0.0534. The van der Waals surface area contributed by atoms with Crippen LogP contribution in [-0.4, -0.2) is 5.97 Å². The Bertz CT molecular complexity index is 578. The molecule has 0 saturated carbocycles. The van der Waals surface area contributed by atoms with Crippen molar-refractivity contribution in [1.82, 2.24) is 0 Å². The molecule has 0 aliphatic carbocycles. The van der Waals surface area contributed by atoms with Gasteiger partial charge in [0.1, 0.15) is 6.61 Å². The van der Waals surface area contributed by atoms with Crippen LogP contribution in [-0.2, 0) is 17.9 Å². The number of anilines is 1. The highest BCUT2D eigenvalue weighted by Crippen LogP contribution is 2.24. The lowest BCUT2D eigenvalue weighted by atomic mass is 10.0. The fourth-order valence-corrected chi connectivity index (χ4v) is 2.15. The van der Waals surface area contributed by atoms with Crippen LogP contribution in [0.25, 0.3) is 0 Å². The fourth-order valence-electron chi connectivity index (χ4n) is 2.15. The maximum Gasteiger partial charge on any atom is 0.339 e. The van der Waals surface area contributed by atoms with Crippen LogP contribution in [0.5, 0.6) is 0 Å². The number of rotatable bonds is 3. The van der Waals surface area contributed by atoms with Gasteiger partial charge in [0.2, 0.25) is 0 Å². The van der Waals surface area contributed by atoms with Gasteiger partial charge in [0.05, 0.1) is 5.56 Å². The van der Waals surface area contributed by atoms with E-state index in [1.165, 1.54) is 0 Å². The monoisotopic (exact) mass is 239 g/mol. The summed E-state index contributed by atoms with van der Waals surface area (Å²) in [6.45, 7) is 1.02. The lowest BCUT2D eigenvalue weighted by Crippen LogP contribution is -2.06. The van der Waals surface area contributed by atoms with Gasteiger partial charge in [0.15, 0.2) is 0 Å². The maximum atomic E-state index is 11.6. The zero-order valence-electron chi connectivity index (χ0n) is 9.85. The molecule has 0 aromatic heterocycles. The topological polar surface area (TPSA) is 38.3 Å². The molecule has 18 heavy (non-hydrogen) atoms. The Labute approximate surface area is 105 Å². The Morgan fingerprint density at radius 3 is 2.72 bits per heavy atom. The number of carbonyl (C=O) groups is 1. The summed E-state index contributed by atoms with van der Waals surface area (Å²) < 4.78 is 5.05. The fraction of sp³-hybridized carbons (Fsp3) is 0.133. The average Bonchev–Trinajstić information content (AvgIpc) is 2.80. The molecule has 1 N–H and O–H groups in total. The number of benzene rings is 2. The van der Waals surface area contributed by atoms with Gasteiger partial charge in [-0.05, 0) is 17.7 Å². The largest absolute Gasteiger partial charge is 0.457 e. The first-order chi connectivity index (χ1) is 8.84. The summed E-state index contributed by atoms with van der Waals surface area (Å²) in [6, 6.07) is 15.8. The average molecular weight is 239 g/mol. The van der Waals surface area contributed by atoms with Gasteiger partial charge in [-0.15, -0.1) is 0 Å². The van der Waals surface area contributed by atoms with Crippen molar-refractivity contribution < 1.29 is 9.53 Å². The van der Waals surface area contributed by atoms with Crippen LogP contribution in [0.2, 0.25) is 0 Å². The Morgan fingerprint density at radius 1 is 1.06 bits per heavy atom. The Hall–Kier alpha value is -2.29. The van der Waals surface area contributed by atoms with E-state index in [-0.39, 0.29) is 5.97 Å². The predicted molar refractivity (Wildman–Crippen MR) is 69.3 cm³/mol. The number of esters is 1. The normalized spacial score (nSPS) is 13.0. The smallest absolute Gasteiger partial charge is 0.339 e. The first-order valence-corrected chi connectivity index (χ1v) is 5.91. The third kappa shape index (κ3) is 1.95. The molecule has 1 heterocycles. The molecule has 0 atom stereocenters. The SMILES string of the molecule is O=C1OCc2cccc(CNc3ccccc3)c21. The van der Waals surface area contributed by atoms with Gasteiger partial charge in [-0.1, -0.05) is 36.4 Å². The van der Waals surface area contributed by atoms with Gasteiger partial charge in [0.25, 0.3) is 0 Å². The summed E-state index contributed by atoms with van der Waals surface area (Å²) in [5.41, 5.74) is 3.73. The van der Waals surface area contributed by atoms with Gasteiger partial charge in [0, 0.05) is 17.8 Å². The number of carbonyl (C=O) groups excluding carboxylic acids is 1. The van der Waals surface area contributed by atoms with Crippen molar-refractivity contribution >= 4 is 11.7 Å². The molecule has 0 amide bonds. The molecule has 0 spiro atoms. The molecule has 3 heteroatoms. The standard InChI is InChI=1S/C15H13NO2/c17-15-14-11(5-4-6-12(14)10-18-15)9-16-13-7-2-1-3-8-13/h1-8,16H,9-10H2. The van der Waals surface area contributed by atoms with E-state index in [2.05, 4.69) is 5.32 Å². The van der Waals surface area contributed by atoms with Crippen LogP contribution in [0.3, 0.4) is 0 Å². The van der Waals surface area contributed by atoms with Crippen LogP contribution in [0, 0.1) is 0 Å². The Morgan fingerprint density at radius 2 is 1.89 bits per heavy atom. The highest BCUT2D eigenvalue weighted by molar-refractivity contribution is 5.95. The quantitative estimate of drug-likeness (QED) is 0.837. The summed E-state index contributed by atoms with van der Waals surface area (Å²) in [5, 5.41) is 3.30. The highest BCUT2D eigenvalue weighted by Gasteiger charge is 2.23. The Kier molecular flexibility index (Phi) is 2.73. The molecule has 2 aromatic rings. The molecule has 3 rings (SSSR count). The number of para-hydroxylation sites is 1. The van der Waals surface area contributed by atoms with Crippen molar-refractivity contribution in [3.63, 3.8) is 0 Å². The van der Waals surface area contributed by atoms with Gasteiger partial charge < -0.3 is 10.1 Å². The molecular formula is C15H13NO2. The number of hydrogen-bond donors (Lipinski definition) is 1. The van der Waals surface area contributed by atoms with E-state index in [1.54, 1.807) is 0 Å². The van der Waals surface area contributed by atoms with Crippen molar-refractivity contribution in [3.8, 4) is 0 Å². The van der Waals surface area contributed by atoms with Crippen LogP contribution in [0.15, 0.2) is 48.5 Å². The second kappa shape index (κ2) is 4.53. The molecule has 0 unspecified atom stereocenters. The van der Waals surface area contributed by atoms with Crippen LogP contribution in [0.1, 0.15) is 21.5 Å². The Balaban J connectivity index is 1.82. The molecule has 90 valence electrons. The van der Waals surface area contributed by atoms with E-state index >= 15 is 0 Å². The van der Waals surface area contributed by atoms with Crippen LogP contribution in [0.4, 0.5) is 5.69 Å². The molecular weight excluding hydrogens is 226 g/mol. The summed E-state index contributed by atoms with van der Waals surface area (Å²) in [4.78, 5) is 11.6. The molecule has 2 aromatic carbocycles. The van der Waals surface area contributed by atoms with Crippen molar-refractivity contribution in [2.24, 2.45) is 0 Å². The zero-order valence-corrected chi connectivity index (χ0v) is 9.85. The molecule has 3 nitrogen and oxygen atoms in total. The maximum absolute atomic E-state index is 11.6. The van der Waals surface area contributed by atoms with Crippen molar-refractivity contribution in [3.05, 3.63) is 65.2 Å². The lowest BCUT2D eigenvalue weighted by Gasteiger charge is -2.08. The molecule has 1 aliphatic heterocycles. The third-order valence-corrected chi connectivity index (χ3v) is 3.06. The first kappa shape index (κ1) is 10.8. The van der Waals surface area contributed by atoms with Crippen LogP contribution >= 0.6 is 0 Å². The van der Waals surface area contributed by atoms with E-state index in [0.717, 1.165) is 22.4 Å². The number of cyclic esters (lactones) is 1. The van der Waals surface area contributed by atoms with Crippen molar-refractivity contribution in [2.75, 3.05) is 5.32 Å². The minimum absolute atomic E-state index is 0.213. The van der Waals surface area contributed by atoms with Crippen molar-refractivity contribution in [1.29, 1.82) is 0 Å². The highest BCUT2D eigenvalue weighted by atomic mass is 16.5. The molecule has 0 bridgehead atoms. The van der Waals surface area contributed by atoms with E-state index in [0.29, 0.717) is 13.2 Å². The minimum Gasteiger partial charge on any atom is -0.457 e. The van der Waals surface area contributed by atoms with E-state index in [4.69, 9.17) is 4.74 Å². The predicted octanol–water partition coefficient (Wildman–Crippen LogP) is 2.97. The summed E-state index contributed by atoms with van der Waals surface area (Å²) in [5.74, 6) is -0.213. The van der Waals surface area contributed by atoms with Crippen LogP contribution < -0.4 is 5.32 Å². The first-order valence-electron chi connectivity index (χ1n) is 5.91. The van der Waals surface area contributed by atoms with E-state index < -0.39 is 0 Å². The van der Waals surface area contributed by atoms with Gasteiger partial charge in [-0.3, -0.25) is 0 Å². The summed E-state index contributed by atoms with van der Waals surface area (Å²) in [7, 11) is 0. The second-order valence-electron chi connectivity index (χ2n) is 4.25. The van der Waals surface area contributed by atoms with E-state index in [1.807, 2.05) is 48.5 Å². The summed E-state index contributed by atoms with van der Waals surface area (Å²) in [6.07, 6.45) is 0.